The van der Waals surface area contributed by atoms with Gasteiger partial charge < -0.3 is 20.6 Å². The van der Waals surface area contributed by atoms with Crippen LogP contribution in [0.3, 0.4) is 0 Å². The molecule has 4 aromatic heterocycles. The summed E-state index contributed by atoms with van der Waals surface area (Å²) in [5.41, 5.74) is 4.70. The summed E-state index contributed by atoms with van der Waals surface area (Å²) in [6, 6.07) is 16.3. The van der Waals surface area contributed by atoms with Gasteiger partial charge in [0, 0.05) is 45.6 Å². The van der Waals surface area contributed by atoms with E-state index in [-0.39, 0.29) is 0 Å². The quantitative estimate of drug-likeness (QED) is 0.302. The second-order valence-electron chi connectivity index (χ2n) is 6.84. The standard InChI is InChI=1S/C21H16N8/c1-3-17-12(5-7-22-17)9-14(1)25-19-16-11-24-29-20(16)28-21(27-19)26-15-2-4-18-13(10-15)6-8-23-18/h1-11,22-23H,(H3,24,25,26,27,28,29). The molecule has 6 rings (SSSR count). The van der Waals surface area contributed by atoms with Gasteiger partial charge in [0.25, 0.3) is 0 Å². The number of aromatic nitrogens is 6. The Labute approximate surface area is 164 Å². The van der Waals surface area contributed by atoms with E-state index in [0.29, 0.717) is 17.4 Å². The monoisotopic (exact) mass is 380 g/mol. The van der Waals surface area contributed by atoms with Gasteiger partial charge in [0.2, 0.25) is 5.95 Å². The molecule has 29 heavy (non-hydrogen) atoms. The van der Waals surface area contributed by atoms with E-state index in [1.165, 1.54) is 0 Å². The largest absolute Gasteiger partial charge is 0.361 e. The maximum absolute atomic E-state index is 4.69. The van der Waals surface area contributed by atoms with Gasteiger partial charge in [0.1, 0.15) is 5.82 Å². The van der Waals surface area contributed by atoms with Crippen LogP contribution >= 0.6 is 0 Å². The average molecular weight is 380 g/mol. The minimum Gasteiger partial charge on any atom is -0.361 e. The van der Waals surface area contributed by atoms with Crippen LogP contribution in [0.15, 0.2) is 67.1 Å². The number of nitrogens with zero attached hydrogens (tertiary/aromatic N) is 3. The Bertz CT molecular complexity index is 1470. The normalized spacial score (nSPS) is 11.4. The molecule has 0 saturated heterocycles. The fraction of sp³-hybridized carbons (Fsp3) is 0. The molecule has 0 aliphatic heterocycles. The van der Waals surface area contributed by atoms with Gasteiger partial charge in [-0.2, -0.15) is 15.1 Å². The lowest BCUT2D eigenvalue weighted by Crippen LogP contribution is -2.02. The molecule has 6 aromatic rings. The Balaban J connectivity index is 1.38. The molecule has 0 aliphatic carbocycles. The first-order valence-corrected chi connectivity index (χ1v) is 9.21. The van der Waals surface area contributed by atoms with Crippen LogP contribution < -0.4 is 10.6 Å². The lowest BCUT2D eigenvalue weighted by atomic mass is 10.2. The highest BCUT2D eigenvalue weighted by Crippen LogP contribution is 2.27. The third-order valence-electron chi connectivity index (χ3n) is 4.94. The van der Waals surface area contributed by atoms with Crippen LogP contribution in [0.25, 0.3) is 32.8 Å². The van der Waals surface area contributed by atoms with Gasteiger partial charge in [-0.05, 0) is 48.5 Å². The van der Waals surface area contributed by atoms with E-state index < -0.39 is 0 Å². The Morgan fingerprint density at radius 1 is 0.724 bits per heavy atom. The first kappa shape index (κ1) is 15.7. The SMILES string of the molecule is c1cc2cc(Nc3nc(Nc4ccc5[nH]ccc5c4)c4cn[nH]c4n3)ccc2[nH]1. The minimum atomic E-state index is 0.488. The van der Waals surface area contributed by atoms with Crippen LogP contribution in [0.1, 0.15) is 0 Å². The summed E-state index contributed by atoms with van der Waals surface area (Å²) in [7, 11) is 0. The third kappa shape index (κ3) is 2.74. The molecular weight excluding hydrogens is 364 g/mol. The first-order chi connectivity index (χ1) is 14.3. The van der Waals surface area contributed by atoms with Crippen molar-refractivity contribution < 1.29 is 0 Å². The predicted molar refractivity (Wildman–Crippen MR) is 115 cm³/mol. The van der Waals surface area contributed by atoms with Crippen molar-refractivity contribution >= 4 is 56.0 Å². The minimum absolute atomic E-state index is 0.488. The van der Waals surface area contributed by atoms with E-state index in [1.807, 2.05) is 48.8 Å². The van der Waals surface area contributed by atoms with Gasteiger partial charge in [-0.3, -0.25) is 5.10 Å². The van der Waals surface area contributed by atoms with Crippen LogP contribution in [0.2, 0.25) is 0 Å². The van der Waals surface area contributed by atoms with Gasteiger partial charge in [-0.25, -0.2) is 0 Å². The van der Waals surface area contributed by atoms with Gasteiger partial charge in [-0.1, -0.05) is 0 Å². The number of anilines is 4. The number of hydrogen-bond donors (Lipinski definition) is 5. The van der Waals surface area contributed by atoms with Crippen LogP contribution in [0.4, 0.5) is 23.1 Å². The molecule has 5 N–H and O–H groups in total. The summed E-state index contributed by atoms with van der Waals surface area (Å²) in [4.78, 5) is 15.6. The molecule has 140 valence electrons. The summed E-state index contributed by atoms with van der Waals surface area (Å²) in [5.74, 6) is 1.17. The van der Waals surface area contributed by atoms with E-state index in [2.05, 4.69) is 47.9 Å². The zero-order valence-corrected chi connectivity index (χ0v) is 15.2. The third-order valence-corrected chi connectivity index (χ3v) is 4.94. The molecule has 0 atom stereocenters. The highest BCUT2D eigenvalue weighted by atomic mass is 15.2. The van der Waals surface area contributed by atoms with Crippen molar-refractivity contribution in [2.24, 2.45) is 0 Å². The van der Waals surface area contributed by atoms with Crippen molar-refractivity contribution in [2.45, 2.75) is 0 Å². The summed E-state index contributed by atoms with van der Waals surface area (Å²) in [5, 5.41) is 16.8. The van der Waals surface area contributed by atoms with E-state index in [0.717, 1.165) is 38.6 Å². The number of nitrogens with one attached hydrogen (secondary N) is 5. The zero-order valence-electron chi connectivity index (χ0n) is 15.2. The van der Waals surface area contributed by atoms with Gasteiger partial charge in [-0.15, -0.1) is 0 Å². The van der Waals surface area contributed by atoms with Crippen molar-refractivity contribution in [3.63, 3.8) is 0 Å². The lowest BCUT2D eigenvalue weighted by molar-refractivity contribution is 1.09. The molecule has 0 unspecified atom stereocenters. The predicted octanol–water partition coefficient (Wildman–Crippen LogP) is 4.80. The fourth-order valence-electron chi connectivity index (χ4n) is 3.51. The molecule has 0 amide bonds. The Kier molecular flexibility index (Phi) is 3.30. The molecule has 0 saturated carbocycles. The van der Waals surface area contributed by atoms with E-state index in [4.69, 9.17) is 4.98 Å². The summed E-state index contributed by atoms with van der Waals surface area (Å²) >= 11 is 0. The van der Waals surface area contributed by atoms with Crippen molar-refractivity contribution in [3.05, 3.63) is 67.1 Å². The number of benzene rings is 2. The van der Waals surface area contributed by atoms with Crippen molar-refractivity contribution in [1.82, 2.24) is 30.1 Å². The maximum atomic E-state index is 4.69. The fourth-order valence-corrected chi connectivity index (χ4v) is 3.51. The summed E-state index contributed by atoms with van der Waals surface area (Å²) in [6.07, 6.45) is 5.57. The molecule has 4 heterocycles. The van der Waals surface area contributed by atoms with Crippen LogP contribution in [0.5, 0.6) is 0 Å². The second-order valence-corrected chi connectivity index (χ2v) is 6.84. The Morgan fingerprint density at radius 3 is 2.14 bits per heavy atom. The molecule has 0 spiro atoms. The topological polar surface area (TPSA) is 110 Å². The smallest absolute Gasteiger partial charge is 0.231 e. The highest BCUT2D eigenvalue weighted by molar-refractivity contribution is 5.91. The van der Waals surface area contributed by atoms with E-state index in [1.54, 1.807) is 6.20 Å². The maximum Gasteiger partial charge on any atom is 0.231 e. The number of fused-ring (bicyclic) bond motifs is 3. The summed E-state index contributed by atoms with van der Waals surface area (Å²) < 4.78 is 0. The Hall–Kier alpha value is -4.33. The molecule has 0 bridgehead atoms. The number of H-pyrrole nitrogens is 3. The lowest BCUT2D eigenvalue weighted by Gasteiger charge is -2.10. The van der Waals surface area contributed by atoms with Crippen molar-refractivity contribution in [2.75, 3.05) is 10.6 Å². The molecule has 8 nitrogen and oxygen atoms in total. The molecule has 2 aromatic carbocycles. The summed E-state index contributed by atoms with van der Waals surface area (Å²) in [6.45, 7) is 0. The number of hydrogen-bond acceptors (Lipinski definition) is 5. The van der Waals surface area contributed by atoms with Gasteiger partial charge in [0.15, 0.2) is 5.65 Å². The highest BCUT2D eigenvalue weighted by Gasteiger charge is 2.11. The second kappa shape index (κ2) is 6.10. The molecule has 8 heteroatoms. The van der Waals surface area contributed by atoms with Crippen LogP contribution in [-0.2, 0) is 0 Å². The van der Waals surface area contributed by atoms with Crippen molar-refractivity contribution in [3.8, 4) is 0 Å². The first-order valence-electron chi connectivity index (χ1n) is 9.21. The van der Waals surface area contributed by atoms with E-state index >= 15 is 0 Å². The molecular formula is C21H16N8. The van der Waals surface area contributed by atoms with Crippen LogP contribution in [0, 0.1) is 0 Å². The molecule has 0 fully saturated rings. The van der Waals surface area contributed by atoms with Gasteiger partial charge >= 0.3 is 0 Å². The van der Waals surface area contributed by atoms with Crippen molar-refractivity contribution in [1.29, 1.82) is 0 Å². The number of rotatable bonds is 4. The zero-order chi connectivity index (χ0) is 19.2. The Morgan fingerprint density at radius 2 is 1.41 bits per heavy atom. The van der Waals surface area contributed by atoms with Gasteiger partial charge in [0.05, 0.1) is 11.6 Å². The number of aromatic amines is 3. The van der Waals surface area contributed by atoms with E-state index in [9.17, 15) is 0 Å². The molecule has 0 radical (unpaired) electrons. The van der Waals surface area contributed by atoms with Crippen LogP contribution in [-0.4, -0.2) is 30.1 Å². The average Bonchev–Trinajstić information content (AvgIpc) is 3.47. The molecule has 0 aliphatic rings.